The van der Waals surface area contributed by atoms with E-state index in [9.17, 15) is 0 Å². The Kier molecular flexibility index (Phi) is 2.77. The molecule has 0 unspecified atom stereocenters. The van der Waals surface area contributed by atoms with Gasteiger partial charge in [0, 0.05) is 18.8 Å². The van der Waals surface area contributed by atoms with Crippen molar-refractivity contribution in [1.82, 2.24) is 10.3 Å². The molecular weight excluding hydrogens is 162 g/mol. The molecule has 1 aromatic heterocycles. The minimum absolute atomic E-state index is 0.627. The van der Waals surface area contributed by atoms with Crippen LogP contribution in [0.4, 0.5) is 5.82 Å². The predicted octanol–water partition coefficient (Wildman–Crippen LogP) is 1.25. The molecule has 2 N–H and O–H groups in total. The van der Waals surface area contributed by atoms with Crippen molar-refractivity contribution in [3.8, 4) is 0 Å². The maximum atomic E-state index is 4.20. The van der Waals surface area contributed by atoms with Crippen molar-refractivity contribution in [1.29, 1.82) is 0 Å². The Bertz CT molecular complexity index is 242. The van der Waals surface area contributed by atoms with Gasteiger partial charge in [0.2, 0.25) is 0 Å². The Morgan fingerprint density at radius 1 is 1.54 bits per heavy atom. The number of anilines is 1. The van der Waals surface area contributed by atoms with Crippen LogP contribution in [0.15, 0.2) is 24.4 Å². The lowest BCUT2D eigenvalue weighted by molar-refractivity contribution is 0.632. The average Bonchev–Trinajstić information content (AvgIpc) is 2.69. The molecule has 0 amide bonds. The summed E-state index contributed by atoms with van der Waals surface area (Å²) in [6.07, 6.45) is 4.39. The maximum Gasteiger partial charge on any atom is 0.125 e. The van der Waals surface area contributed by atoms with Gasteiger partial charge < -0.3 is 10.6 Å². The lowest BCUT2D eigenvalue weighted by Crippen LogP contribution is -2.29. The normalized spacial score (nSPS) is 21.7. The van der Waals surface area contributed by atoms with Crippen LogP contribution in [0.5, 0.6) is 0 Å². The second-order valence-electron chi connectivity index (χ2n) is 3.39. The molecule has 70 valence electrons. The molecule has 1 atom stereocenters. The summed E-state index contributed by atoms with van der Waals surface area (Å²) in [6, 6.07) is 6.55. The molecule has 1 aliphatic heterocycles. The molecule has 0 saturated carbocycles. The van der Waals surface area contributed by atoms with Crippen molar-refractivity contribution < 1.29 is 0 Å². The van der Waals surface area contributed by atoms with E-state index < -0.39 is 0 Å². The van der Waals surface area contributed by atoms with E-state index >= 15 is 0 Å². The largest absolute Gasteiger partial charge is 0.369 e. The van der Waals surface area contributed by atoms with Gasteiger partial charge in [-0.15, -0.1) is 0 Å². The first-order valence-electron chi connectivity index (χ1n) is 4.83. The van der Waals surface area contributed by atoms with Gasteiger partial charge in [0.25, 0.3) is 0 Å². The van der Waals surface area contributed by atoms with Crippen LogP contribution in [0.3, 0.4) is 0 Å². The minimum atomic E-state index is 0.627. The summed E-state index contributed by atoms with van der Waals surface area (Å²) in [7, 11) is 0. The van der Waals surface area contributed by atoms with Crippen LogP contribution in [0.1, 0.15) is 12.8 Å². The summed E-state index contributed by atoms with van der Waals surface area (Å²) in [6.45, 7) is 2.14. The summed E-state index contributed by atoms with van der Waals surface area (Å²) in [5.41, 5.74) is 0. The summed E-state index contributed by atoms with van der Waals surface area (Å²) in [5, 5.41) is 6.75. The quantitative estimate of drug-likeness (QED) is 0.729. The van der Waals surface area contributed by atoms with Crippen molar-refractivity contribution in [2.24, 2.45) is 0 Å². The SMILES string of the molecule is c1ccc(NC[C@H]2CCCN2)nc1. The van der Waals surface area contributed by atoms with E-state index in [1.54, 1.807) is 0 Å². The molecule has 0 spiro atoms. The Morgan fingerprint density at radius 2 is 2.54 bits per heavy atom. The van der Waals surface area contributed by atoms with Crippen LogP contribution >= 0.6 is 0 Å². The average molecular weight is 177 g/mol. The number of hydrogen-bond acceptors (Lipinski definition) is 3. The van der Waals surface area contributed by atoms with E-state index in [0.29, 0.717) is 6.04 Å². The van der Waals surface area contributed by atoms with Gasteiger partial charge >= 0.3 is 0 Å². The molecule has 2 heterocycles. The zero-order valence-corrected chi connectivity index (χ0v) is 7.66. The van der Waals surface area contributed by atoms with Crippen molar-refractivity contribution in [2.75, 3.05) is 18.4 Å². The topological polar surface area (TPSA) is 37.0 Å². The van der Waals surface area contributed by atoms with Crippen LogP contribution < -0.4 is 10.6 Å². The van der Waals surface area contributed by atoms with Gasteiger partial charge in [-0.1, -0.05) is 6.07 Å². The van der Waals surface area contributed by atoms with Gasteiger partial charge in [-0.3, -0.25) is 0 Å². The third-order valence-corrected chi connectivity index (χ3v) is 2.36. The highest BCUT2D eigenvalue weighted by Crippen LogP contribution is 2.06. The molecule has 0 aromatic carbocycles. The fourth-order valence-corrected chi connectivity index (χ4v) is 1.63. The van der Waals surface area contributed by atoms with E-state index in [1.807, 2.05) is 24.4 Å². The third kappa shape index (κ3) is 2.42. The first-order chi connectivity index (χ1) is 6.45. The number of pyridine rings is 1. The molecule has 1 aromatic rings. The van der Waals surface area contributed by atoms with Crippen LogP contribution in [-0.2, 0) is 0 Å². The number of aromatic nitrogens is 1. The summed E-state index contributed by atoms with van der Waals surface area (Å²) in [4.78, 5) is 4.20. The number of hydrogen-bond donors (Lipinski definition) is 2. The monoisotopic (exact) mass is 177 g/mol. The van der Waals surface area contributed by atoms with Crippen molar-refractivity contribution in [2.45, 2.75) is 18.9 Å². The molecule has 1 aliphatic rings. The zero-order valence-electron chi connectivity index (χ0n) is 7.66. The maximum absolute atomic E-state index is 4.20. The van der Waals surface area contributed by atoms with Gasteiger partial charge in [0.1, 0.15) is 5.82 Å². The second-order valence-corrected chi connectivity index (χ2v) is 3.39. The van der Waals surface area contributed by atoms with E-state index in [1.165, 1.54) is 12.8 Å². The Morgan fingerprint density at radius 3 is 3.23 bits per heavy atom. The van der Waals surface area contributed by atoms with Crippen LogP contribution in [0, 0.1) is 0 Å². The van der Waals surface area contributed by atoms with E-state index in [2.05, 4.69) is 15.6 Å². The highest BCUT2D eigenvalue weighted by molar-refractivity contribution is 5.33. The van der Waals surface area contributed by atoms with Gasteiger partial charge in [-0.25, -0.2) is 4.98 Å². The molecule has 2 rings (SSSR count). The molecule has 3 heteroatoms. The van der Waals surface area contributed by atoms with E-state index in [-0.39, 0.29) is 0 Å². The standard InChI is InChI=1S/C10H15N3/c1-2-6-12-10(5-1)13-8-9-4-3-7-11-9/h1-2,5-6,9,11H,3-4,7-8H2,(H,12,13)/t9-/m1/s1. The van der Waals surface area contributed by atoms with Crippen LogP contribution in [0.25, 0.3) is 0 Å². The highest BCUT2D eigenvalue weighted by Gasteiger charge is 2.12. The predicted molar refractivity (Wildman–Crippen MR) is 53.8 cm³/mol. The van der Waals surface area contributed by atoms with Crippen molar-refractivity contribution in [3.63, 3.8) is 0 Å². The third-order valence-electron chi connectivity index (χ3n) is 2.36. The Labute approximate surface area is 78.6 Å². The van der Waals surface area contributed by atoms with E-state index in [0.717, 1.165) is 18.9 Å². The van der Waals surface area contributed by atoms with Crippen molar-refractivity contribution >= 4 is 5.82 Å². The van der Waals surface area contributed by atoms with Gasteiger partial charge in [-0.05, 0) is 31.5 Å². The lowest BCUT2D eigenvalue weighted by Gasteiger charge is -2.11. The molecule has 0 radical (unpaired) electrons. The molecule has 13 heavy (non-hydrogen) atoms. The molecule has 3 nitrogen and oxygen atoms in total. The van der Waals surface area contributed by atoms with E-state index in [4.69, 9.17) is 0 Å². The Hall–Kier alpha value is -1.09. The first kappa shape index (κ1) is 8.51. The Balaban J connectivity index is 1.79. The van der Waals surface area contributed by atoms with Gasteiger partial charge in [0.15, 0.2) is 0 Å². The van der Waals surface area contributed by atoms with Crippen LogP contribution in [-0.4, -0.2) is 24.1 Å². The molecule has 0 aliphatic carbocycles. The summed E-state index contributed by atoms with van der Waals surface area (Å²) < 4.78 is 0. The van der Waals surface area contributed by atoms with Crippen molar-refractivity contribution in [3.05, 3.63) is 24.4 Å². The minimum Gasteiger partial charge on any atom is -0.369 e. The smallest absolute Gasteiger partial charge is 0.125 e. The summed E-state index contributed by atoms with van der Waals surface area (Å²) in [5.74, 6) is 0.969. The highest BCUT2D eigenvalue weighted by atomic mass is 15.0. The number of nitrogens with zero attached hydrogens (tertiary/aromatic N) is 1. The molecule has 1 fully saturated rings. The first-order valence-corrected chi connectivity index (χ1v) is 4.83. The molecular formula is C10H15N3. The number of nitrogens with one attached hydrogen (secondary N) is 2. The fraction of sp³-hybridized carbons (Fsp3) is 0.500. The number of rotatable bonds is 3. The van der Waals surface area contributed by atoms with Crippen LogP contribution in [0.2, 0.25) is 0 Å². The van der Waals surface area contributed by atoms with Gasteiger partial charge in [-0.2, -0.15) is 0 Å². The zero-order chi connectivity index (χ0) is 8.93. The molecule has 1 saturated heterocycles. The fourth-order valence-electron chi connectivity index (χ4n) is 1.63. The lowest BCUT2D eigenvalue weighted by atomic mass is 10.2. The second kappa shape index (κ2) is 4.23. The molecule has 0 bridgehead atoms. The van der Waals surface area contributed by atoms with Gasteiger partial charge in [0.05, 0.1) is 0 Å². The summed E-state index contributed by atoms with van der Waals surface area (Å²) >= 11 is 0.